The number of nitrogens with zero attached hydrogens (tertiary/aromatic N) is 1. The van der Waals surface area contributed by atoms with E-state index in [1.54, 1.807) is 12.1 Å². The molecule has 3 heteroatoms. The molecule has 1 aromatic heterocycles. The van der Waals surface area contributed by atoms with Crippen LogP contribution in [0.1, 0.15) is 29.4 Å². The molecular formula is C10H10ClNO. The molecule has 13 heavy (non-hydrogen) atoms. The summed E-state index contributed by atoms with van der Waals surface area (Å²) in [5, 5.41) is 0.473. The molecule has 0 bridgehead atoms. The van der Waals surface area contributed by atoms with Crippen molar-refractivity contribution in [3.63, 3.8) is 0 Å². The van der Waals surface area contributed by atoms with Gasteiger partial charge in [-0.15, -0.1) is 0 Å². The van der Waals surface area contributed by atoms with E-state index in [1.807, 2.05) is 6.92 Å². The first-order valence-electron chi connectivity index (χ1n) is 4.38. The van der Waals surface area contributed by atoms with Crippen LogP contribution in [0.15, 0.2) is 12.1 Å². The summed E-state index contributed by atoms with van der Waals surface area (Å²) >= 11 is 5.74. The van der Waals surface area contributed by atoms with Gasteiger partial charge in [-0.1, -0.05) is 18.5 Å². The third-order valence-corrected chi connectivity index (χ3v) is 2.68. The van der Waals surface area contributed by atoms with E-state index in [4.69, 9.17) is 11.6 Å². The molecule has 2 nitrogen and oxygen atoms in total. The SMILES string of the molecule is C[C@H]1CCc2nc(Cl)ccc2C1=O. The number of hydrogen-bond donors (Lipinski definition) is 0. The lowest BCUT2D eigenvalue weighted by Crippen LogP contribution is -2.20. The van der Waals surface area contributed by atoms with E-state index in [0.29, 0.717) is 5.15 Å². The van der Waals surface area contributed by atoms with E-state index in [-0.39, 0.29) is 11.7 Å². The second kappa shape index (κ2) is 3.11. The highest BCUT2D eigenvalue weighted by Crippen LogP contribution is 2.24. The Bertz CT molecular complexity index is 362. The van der Waals surface area contributed by atoms with Gasteiger partial charge in [0.1, 0.15) is 5.15 Å². The predicted octanol–water partition coefficient (Wildman–Crippen LogP) is 2.50. The molecule has 0 radical (unpaired) electrons. The summed E-state index contributed by atoms with van der Waals surface area (Å²) < 4.78 is 0. The predicted molar refractivity (Wildman–Crippen MR) is 51.1 cm³/mol. The zero-order valence-corrected chi connectivity index (χ0v) is 8.14. The van der Waals surface area contributed by atoms with Crippen molar-refractivity contribution in [1.82, 2.24) is 4.98 Å². The highest BCUT2D eigenvalue weighted by Gasteiger charge is 2.24. The van der Waals surface area contributed by atoms with Gasteiger partial charge < -0.3 is 0 Å². The molecule has 0 aromatic carbocycles. The van der Waals surface area contributed by atoms with Gasteiger partial charge in [0.25, 0.3) is 0 Å². The number of aromatic nitrogens is 1. The Kier molecular flexibility index (Phi) is 2.08. The molecule has 0 aliphatic heterocycles. The van der Waals surface area contributed by atoms with Crippen molar-refractivity contribution in [2.75, 3.05) is 0 Å². The van der Waals surface area contributed by atoms with Crippen molar-refractivity contribution < 1.29 is 4.79 Å². The lowest BCUT2D eigenvalue weighted by molar-refractivity contribution is 0.0912. The molecule has 0 spiro atoms. The molecule has 68 valence electrons. The summed E-state index contributed by atoms with van der Waals surface area (Å²) in [4.78, 5) is 15.8. The summed E-state index contributed by atoms with van der Waals surface area (Å²) in [7, 11) is 0. The molecule has 1 heterocycles. The number of hydrogen-bond acceptors (Lipinski definition) is 2. The number of carbonyl (C=O) groups excluding carboxylic acids is 1. The summed E-state index contributed by atoms with van der Waals surface area (Å²) in [5.74, 6) is 0.334. The van der Waals surface area contributed by atoms with Crippen LogP contribution >= 0.6 is 11.6 Å². The van der Waals surface area contributed by atoms with Gasteiger partial charge in [0.05, 0.1) is 5.69 Å². The first-order chi connectivity index (χ1) is 6.18. The maximum absolute atomic E-state index is 11.6. The Morgan fingerprint density at radius 1 is 1.54 bits per heavy atom. The zero-order chi connectivity index (χ0) is 9.42. The molecule has 0 unspecified atom stereocenters. The van der Waals surface area contributed by atoms with E-state index in [2.05, 4.69) is 4.98 Å². The summed E-state index contributed by atoms with van der Waals surface area (Å²) in [5.41, 5.74) is 1.61. The number of Topliss-reactive ketones (excluding diaryl/α,β-unsaturated/α-hetero) is 1. The van der Waals surface area contributed by atoms with E-state index in [9.17, 15) is 4.79 Å². The number of pyridine rings is 1. The van der Waals surface area contributed by atoms with E-state index in [0.717, 1.165) is 24.1 Å². The standard InChI is InChI=1S/C10H10ClNO/c1-6-2-4-8-7(10(6)13)3-5-9(11)12-8/h3,5-6H,2,4H2,1H3/t6-/m0/s1. The Morgan fingerprint density at radius 2 is 2.31 bits per heavy atom. The Hall–Kier alpha value is -0.890. The van der Waals surface area contributed by atoms with Crippen LogP contribution in [-0.2, 0) is 6.42 Å². The third-order valence-electron chi connectivity index (χ3n) is 2.47. The topological polar surface area (TPSA) is 30.0 Å². The minimum absolute atomic E-state index is 0.135. The van der Waals surface area contributed by atoms with Gasteiger partial charge in [-0.3, -0.25) is 4.79 Å². The Labute approximate surface area is 81.9 Å². The molecule has 0 saturated heterocycles. The number of rotatable bonds is 0. The second-order valence-electron chi connectivity index (χ2n) is 3.43. The van der Waals surface area contributed by atoms with Crippen molar-refractivity contribution in [2.45, 2.75) is 19.8 Å². The minimum atomic E-state index is 0.135. The average Bonchev–Trinajstić information content (AvgIpc) is 2.12. The number of aryl methyl sites for hydroxylation is 1. The van der Waals surface area contributed by atoms with Gasteiger partial charge in [0, 0.05) is 11.5 Å². The molecule has 0 saturated carbocycles. The van der Waals surface area contributed by atoms with Crippen LogP contribution in [-0.4, -0.2) is 10.8 Å². The highest BCUT2D eigenvalue weighted by atomic mass is 35.5. The van der Waals surface area contributed by atoms with Gasteiger partial charge in [0.2, 0.25) is 0 Å². The van der Waals surface area contributed by atoms with Crippen LogP contribution < -0.4 is 0 Å². The van der Waals surface area contributed by atoms with Gasteiger partial charge >= 0.3 is 0 Å². The summed E-state index contributed by atoms with van der Waals surface area (Å²) in [6, 6.07) is 3.46. The fourth-order valence-corrected chi connectivity index (χ4v) is 1.80. The molecule has 0 N–H and O–H groups in total. The Balaban J connectivity index is 2.50. The number of ketones is 1. The lowest BCUT2D eigenvalue weighted by Gasteiger charge is -2.18. The first-order valence-corrected chi connectivity index (χ1v) is 4.76. The van der Waals surface area contributed by atoms with Crippen LogP contribution in [0.3, 0.4) is 0 Å². The van der Waals surface area contributed by atoms with Crippen LogP contribution in [0.4, 0.5) is 0 Å². The maximum atomic E-state index is 11.6. The lowest BCUT2D eigenvalue weighted by atomic mass is 9.87. The van der Waals surface area contributed by atoms with Crippen LogP contribution in [0.2, 0.25) is 5.15 Å². The second-order valence-corrected chi connectivity index (χ2v) is 3.82. The van der Waals surface area contributed by atoms with Gasteiger partial charge in [-0.2, -0.15) is 0 Å². The van der Waals surface area contributed by atoms with Crippen LogP contribution in [0, 0.1) is 5.92 Å². The quantitative estimate of drug-likeness (QED) is 0.596. The van der Waals surface area contributed by atoms with Crippen molar-refractivity contribution in [3.8, 4) is 0 Å². The fourth-order valence-electron chi connectivity index (χ4n) is 1.64. The summed E-state index contributed by atoms with van der Waals surface area (Å²) in [6.45, 7) is 1.96. The van der Waals surface area contributed by atoms with Crippen molar-refractivity contribution >= 4 is 17.4 Å². The van der Waals surface area contributed by atoms with Gasteiger partial charge in [-0.25, -0.2) is 4.98 Å². The first kappa shape index (κ1) is 8.70. The van der Waals surface area contributed by atoms with Crippen molar-refractivity contribution in [3.05, 3.63) is 28.5 Å². The van der Waals surface area contributed by atoms with E-state index >= 15 is 0 Å². The number of halogens is 1. The molecule has 0 fully saturated rings. The van der Waals surface area contributed by atoms with Gasteiger partial charge in [-0.05, 0) is 25.0 Å². The number of fused-ring (bicyclic) bond motifs is 1. The molecule has 1 aliphatic carbocycles. The molecule has 1 aromatic rings. The zero-order valence-electron chi connectivity index (χ0n) is 7.38. The largest absolute Gasteiger partial charge is 0.294 e. The fraction of sp³-hybridized carbons (Fsp3) is 0.400. The summed E-state index contributed by atoms with van der Waals surface area (Å²) in [6.07, 6.45) is 1.75. The molecule has 1 atom stereocenters. The monoisotopic (exact) mass is 195 g/mol. The smallest absolute Gasteiger partial charge is 0.167 e. The highest BCUT2D eigenvalue weighted by molar-refractivity contribution is 6.29. The Morgan fingerprint density at radius 3 is 3.08 bits per heavy atom. The molecular weight excluding hydrogens is 186 g/mol. The van der Waals surface area contributed by atoms with Gasteiger partial charge in [0.15, 0.2) is 5.78 Å². The van der Waals surface area contributed by atoms with Crippen molar-refractivity contribution in [2.24, 2.45) is 5.92 Å². The van der Waals surface area contributed by atoms with Crippen molar-refractivity contribution in [1.29, 1.82) is 0 Å². The van der Waals surface area contributed by atoms with Crippen LogP contribution in [0.25, 0.3) is 0 Å². The molecule has 1 aliphatic rings. The van der Waals surface area contributed by atoms with Crippen LogP contribution in [0.5, 0.6) is 0 Å². The van der Waals surface area contributed by atoms with E-state index in [1.165, 1.54) is 0 Å². The minimum Gasteiger partial charge on any atom is -0.294 e. The third kappa shape index (κ3) is 1.46. The maximum Gasteiger partial charge on any atom is 0.167 e. The average molecular weight is 196 g/mol. The normalized spacial score (nSPS) is 21.4. The molecule has 2 rings (SSSR count). The molecule has 0 amide bonds. The number of carbonyl (C=O) groups is 1. The van der Waals surface area contributed by atoms with E-state index < -0.39 is 0 Å².